The molecule has 0 amide bonds. The van der Waals surface area contributed by atoms with Gasteiger partial charge in [0.05, 0.1) is 5.75 Å². The number of hydrogen-bond acceptors (Lipinski definition) is 6. The number of rotatable bonds is 8. The van der Waals surface area contributed by atoms with E-state index in [1.54, 1.807) is 18.2 Å². The Labute approximate surface area is 157 Å². The fraction of sp³-hybridized carbons (Fsp3) is 0.588. The van der Waals surface area contributed by atoms with Crippen molar-refractivity contribution in [2.45, 2.75) is 43.5 Å². The molecule has 1 aromatic carbocycles. The highest BCUT2D eigenvalue weighted by atomic mass is 32.3. The van der Waals surface area contributed by atoms with Crippen LogP contribution in [0, 0.1) is 0 Å². The summed E-state index contributed by atoms with van der Waals surface area (Å²) in [5.41, 5.74) is 0.0526. The van der Waals surface area contributed by atoms with E-state index in [-0.39, 0.29) is 17.2 Å². The number of sulfone groups is 2. The number of hydrogen-bond donors (Lipinski definition) is 0. The molecule has 9 heteroatoms. The zero-order valence-electron chi connectivity index (χ0n) is 16.1. The van der Waals surface area contributed by atoms with Crippen molar-refractivity contribution in [3.8, 4) is 0 Å². The summed E-state index contributed by atoms with van der Waals surface area (Å²) in [6.07, 6.45) is 0.769. The van der Waals surface area contributed by atoms with Gasteiger partial charge in [-0.15, -0.1) is 0 Å². The van der Waals surface area contributed by atoms with Gasteiger partial charge in [0.15, 0.2) is 33.8 Å². The predicted molar refractivity (Wildman–Crippen MR) is 106 cm³/mol. The second-order valence-electron chi connectivity index (χ2n) is 7.87. The van der Waals surface area contributed by atoms with E-state index in [0.717, 1.165) is 6.26 Å². The lowest BCUT2D eigenvalue weighted by molar-refractivity contribution is 0.101. The number of ketones is 1. The molecule has 0 aliphatic rings. The molecule has 0 spiro atoms. The lowest BCUT2D eigenvalue weighted by atomic mass is 10.1. The average Bonchev–Trinajstić information content (AvgIpc) is 2.44. The largest absolute Gasteiger partial charge is 0.416 e. The minimum absolute atomic E-state index is 0.0526. The van der Waals surface area contributed by atoms with Crippen LogP contribution in [0.1, 0.15) is 31.1 Å². The van der Waals surface area contributed by atoms with E-state index in [2.05, 4.69) is 0 Å². The zero-order valence-corrected chi connectivity index (χ0v) is 18.8. The number of benzene rings is 1. The van der Waals surface area contributed by atoms with Crippen molar-refractivity contribution in [3.05, 3.63) is 35.9 Å². The van der Waals surface area contributed by atoms with Crippen molar-refractivity contribution in [1.29, 1.82) is 0 Å². The normalized spacial score (nSPS) is 14.8. The topological polar surface area (TPSA) is 94.6 Å². The lowest BCUT2D eigenvalue weighted by Gasteiger charge is -2.36. The van der Waals surface area contributed by atoms with Crippen molar-refractivity contribution >= 4 is 33.8 Å². The Bertz CT molecular complexity index is 837. The van der Waals surface area contributed by atoms with Crippen LogP contribution in [-0.2, 0) is 24.1 Å². The van der Waals surface area contributed by atoms with Gasteiger partial charge in [-0.2, -0.15) is 0 Å². The third kappa shape index (κ3) is 5.73. The van der Waals surface area contributed by atoms with Gasteiger partial charge in [0, 0.05) is 18.4 Å². The maximum Gasteiger partial charge on any atom is 0.224 e. The molecule has 0 aromatic heterocycles. The van der Waals surface area contributed by atoms with Crippen LogP contribution in [-0.4, -0.2) is 54.1 Å². The number of Topliss-reactive ketones (excluding diaryl/α,β-unsaturated/α-hetero) is 1. The Morgan fingerprint density at radius 3 is 2.00 bits per heavy atom. The molecule has 0 radical (unpaired) electrons. The van der Waals surface area contributed by atoms with Gasteiger partial charge in [-0.1, -0.05) is 51.1 Å². The Hall–Kier alpha value is -1.03. The van der Waals surface area contributed by atoms with E-state index >= 15 is 0 Å². The summed E-state index contributed by atoms with van der Waals surface area (Å²) in [4.78, 5) is 12.6. The van der Waals surface area contributed by atoms with Gasteiger partial charge >= 0.3 is 0 Å². The summed E-state index contributed by atoms with van der Waals surface area (Å²) >= 11 is 0. The van der Waals surface area contributed by atoms with Gasteiger partial charge in [0.25, 0.3) is 0 Å². The van der Waals surface area contributed by atoms with Crippen molar-refractivity contribution in [3.63, 3.8) is 0 Å². The summed E-state index contributed by atoms with van der Waals surface area (Å²) in [6, 6.07) is 7.58. The van der Waals surface area contributed by atoms with Crippen molar-refractivity contribution in [2.24, 2.45) is 0 Å². The molecule has 1 rings (SSSR count). The fourth-order valence-corrected chi connectivity index (χ4v) is 7.23. The third-order valence-corrected chi connectivity index (χ3v) is 13.7. The molecule has 0 bridgehead atoms. The minimum Gasteiger partial charge on any atom is -0.416 e. The average molecular weight is 421 g/mol. The third-order valence-electron chi connectivity index (χ3n) is 4.62. The zero-order chi connectivity index (χ0) is 20.4. The van der Waals surface area contributed by atoms with Gasteiger partial charge in [0.1, 0.15) is 0 Å². The summed E-state index contributed by atoms with van der Waals surface area (Å²) in [6.45, 7) is 9.88. The van der Waals surface area contributed by atoms with Crippen molar-refractivity contribution < 1.29 is 26.1 Å². The molecule has 0 N–H and O–H groups in total. The SMILES string of the molecule is CC(C)(C)[Si](C)(C)OCCS(=O)(=O)C(C(=O)c1ccccc1)S(C)(=O)=O. The van der Waals surface area contributed by atoms with Gasteiger partial charge in [0.2, 0.25) is 4.58 Å². The van der Waals surface area contributed by atoms with E-state index < -0.39 is 44.1 Å². The second kappa shape index (κ2) is 7.91. The quantitative estimate of drug-likeness (QED) is 0.474. The van der Waals surface area contributed by atoms with Crippen LogP contribution in [0.15, 0.2) is 30.3 Å². The van der Waals surface area contributed by atoms with Crippen LogP contribution in [0.25, 0.3) is 0 Å². The molecule has 148 valence electrons. The second-order valence-corrected chi connectivity index (χ2v) is 17.3. The van der Waals surface area contributed by atoms with Crippen LogP contribution in [0.3, 0.4) is 0 Å². The highest BCUT2D eigenvalue weighted by Crippen LogP contribution is 2.36. The molecule has 0 aliphatic carbocycles. The monoisotopic (exact) mass is 420 g/mol. The van der Waals surface area contributed by atoms with Gasteiger partial charge in [-0.25, -0.2) is 16.8 Å². The Kier molecular flexibility index (Phi) is 7.00. The molecule has 1 unspecified atom stereocenters. The minimum atomic E-state index is -4.24. The molecule has 0 heterocycles. The van der Waals surface area contributed by atoms with E-state index in [1.165, 1.54) is 12.1 Å². The Morgan fingerprint density at radius 2 is 1.58 bits per heavy atom. The molecule has 26 heavy (non-hydrogen) atoms. The molecule has 0 saturated heterocycles. The standard InChI is InChI=1S/C17H28O6S2Si/c1-17(2,3)26(5,6)23-12-13-25(21,22)16(24(4,19)20)15(18)14-10-8-7-9-11-14/h7-11,16H,12-13H2,1-6H3. The molecule has 1 aromatic rings. The van der Waals surface area contributed by atoms with Gasteiger partial charge < -0.3 is 4.43 Å². The molecule has 6 nitrogen and oxygen atoms in total. The smallest absolute Gasteiger partial charge is 0.224 e. The maximum absolute atomic E-state index is 12.7. The summed E-state index contributed by atoms with van der Waals surface area (Å²) < 4.78 is 53.2. The highest BCUT2D eigenvalue weighted by molar-refractivity contribution is 8.10. The summed E-state index contributed by atoms with van der Waals surface area (Å²) in [5.74, 6) is -1.45. The molecule has 0 fully saturated rings. The van der Waals surface area contributed by atoms with Crippen LogP contribution in [0.5, 0.6) is 0 Å². The Balaban J connectivity index is 3.06. The summed E-state index contributed by atoms with van der Waals surface area (Å²) in [5, 5.41) is -0.104. The van der Waals surface area contributed by atoms with Crippen LogP contribution >= 0.6 is 0 Å². The lowest BCUT2D eigenvalue weighted by Crippen LogP contribution is -2.44. The van der Waals surface area contributed by atoms with Crippen LogP contribution in [0.4, 0.5) is 0 Å². The molecular formula is C17H28O6S2Si. The maximum atomic E-state index is 12.7. The first-order valence-electron chi connectivity index (χ1n) is 8.23. The van der Waals surface area contributed by atoms with Crippen LogP contribution in [0.2, 0.25) is 18.1 Å². The first kappa shape index (κ1) is 23.0. The first-order valence-corrected chi connectivity index (χ1v) is 14.8. The fourth-order valence-electron chi connectivity index (χ4n) is 2.10. The molecule has 0 aliphatic heterocycles. The molecule has 1 atom stereocenters. The van der Waals surface area contributed by atoms with Gasteiger partial charge in [-0.3, -0.25) is 4.79 Å². The molecular weight excluding hydrogens is 392 g/mol. The highest BCUT2D eigenvalue weighted by Gasteiger charge is 2.42. The van der Waals surface area contributed by atoms with E-state index in [4.69, 9.17) is 4.43 Å². The Morgan fingerprint density at radius 1 is 1.08 bits per heavy atom. The van der Waals surface area contributed by atoms with Crippen molar-refractivity contribution in [2.75, 3.05) is 18.6 Å². The van der Waals surface area contributed by atoms with E-state index in [9.17, 15) is 21.6 Å². The summed E-state index contributed by atoms with van der Waals surface area (Å²) in [7, 11) is -10.6. The van der Waals surface area contributed by atoms with Gasteiger partial charge in [-0.05, 0) is 18.1 Å². The van der Waals surface area contributed by atoms with E-state index in [0.29, 0.717) is 0 Å². The molecule has 0 saturated carbocycles. The first-order chi connectivity index (χ1) is 11.6. The number of carbonyl (C=O) groups excluding carboxylic acids is 1. The number of carbonyl (C=O) groups is 1. The van der Waals surface area contributed by atoms with Crippen molar-refractivity contribution in [1.82, 2.24) is 0 Å². The predicted octanol–water partition coefficient (Wildman–Crippen LogP) is 2.68. The van der Waals surface area contributed by atoms with Crippen LogP contribution < -0.4 is 0 Å². The van der Waals surface area contributed by atoms with E-state index in [1.807, 2.05) is 33.9 Å².